The molecule has 0 atom stereocenters. The smallest absolute Gasteiger partial charge is 0.338 e. The van der Waals surface area contributed by atoms with Gasteiger partial charge in [0.25, 0.3) is 0 Å². The quantitative estimate of drug-likeness (QED) is 0.627. The molecule has 0 fully saturated rings. The summed E-state index contributed by atoms with van der Waals surface area (Å²) in [4.78, 5) is 11.7. The first-order valence-electron chi connectivity index (χ1n) is 6.25. The second kappa shape index (κ2) is 7.32. The van der Waals surface area contributed by atoms with E-state index in [1.54, 1.807) is 48.5 Å². The summed E-state index contributed by atoms with van der Waals surface area (Å²) in [6.45, 7) is 0.365. The number of nitrogens with zero attached hydrogens (tertiary/aromatic N) is 1. The van der Waals surface area contributed by atoms with E-state index in [0.717, 1.165) is 0 Å². The van der Waals surface area contributed by atoms with E-state index in [0.29, 0.717) is 21.9 Å². The van der Waals surface area contributed by atoms with Crippen LogP contribution in [0.4, 0.5) is 0 Å². The Kier molecular flexibility index (Phi) is 5.19. The molecule has 0 aliphatic heterocycles. The molecule has 0 bridgehead atoms. The number of benzene rings is 2. The number of esters is 1. The average Bonchev–Trinajstić information content (AvgIpc) is 2.52. The molecule has 5 heteroatoms. The standard InChI is InChI=1S/C16H12ClNO3/c17-14-3-1-2-13(10-14)16(19)21-9-8-20-15-6-4-12(11-18)5-7-15/h1-7,10H,8-9H2. The number of carbonyl (C=O) groups is 1. The van der Waals surface area contributed by atoms with Crippen molar-refractivity contribution in [3.05, 3.63) is 64.7 Å². The lowest BCUT2D eigenvalue weighted by atomic mass is 10.2. The molecular weight excluding hydrogens is 290 g/mol. The third kappa shape index (κ3) is 4.51. The third-order valence-electron chi connectivity index (χ3n) is 2.63. The van der Waals surface area contributed by atoms with Gasteiger partial charge in [0.1, 0.15) is 19.0 Å². The number of ether oxygens (including phenoxy) is 2. The molecule has 2 rings (SSSR count). The Morgan fingerprint density at radius 3 is 2.57 bits per heavy atom. The van der Waals surface area contributed by atoms with E-state index in [1.165, 1.54) is 0 Å². The summed E-state index contributed by atoms with van der Waals surface area (Å²) in [5.74, 6) is 0.175. The molecule has 0 saturated carbocycles. The monoisotopic (exact) mass is 301 g/mol. The SMILES string of the molecule is N#Cc1ccc(OCCOC(=O)c2cccc(Cl)c2)cc1. The van der Waals surface area contributed by atoms with Crippen LogP contribution >= 0.6 is 11.6 Å². The summed E-state index contributed by atoms with van der Waals surface area (Å²) in [5.41, 5.74) is 0.968. The van der Waals surface area contributed by atoms with Crippen LogP contribution in [0.25, 0.3) is 0 Å². The van der Waals surface area contributed by atoms with Crippen LogP contribution in [0.2, 0.25) is 5.02 Å². The Bertz CT molecular complexity index is 662. The Labute approximate surface area is 127 Å². The van der Waals surface area contributed by atoms with Crippen molar-refractivity contribution < 1.29 is 14.3 Å². The fourth-order valence-corrected chi connectivity index (χ4v) is 1.81. The maximum Gasteiger partial charge on any atom is 0.338 e. The summed E-state index contributed by atoms with van der Waals surface area (Å²) >= 11 is 5.80. The van der Waals surface area contributed by atoms with Crippen molar-refractivity contribution in [2.45, 2.75) is 0 Å². The Morgan fingerprint density at radius 2 is 1.90 bits per heavy atom. The van der Waals surface area contributed by atoms with Gasteiger partial charge in [-0.1, -0.05) is 17.7 Å². The lowest BCUT2D eigenvalue weighted by Crippen LogP contribution is -2.12. The normalized spacial score (nSPS) is 9.71. The number of hydrogen-bond donors (Lipinski definition) is 0. The van der Waals surface area contributed by atoms with Gasteiger partial charge in [0, 0.05) is 5.02 Å². The fourth-order valence-electron chi connectivity index (χ4n) is 1.62. The molecule has 106 valence electrons. The predicted molar refractivity (Wildman–Crippen MR) is 78.4 cm³/mol. The van der Waals surface area contributed by atoms with Gasteiger partial charge in [-0.2, -0.15) is 5.26 Å². The average molecular weight is 302 g/mol. The van der Waals surface area contributed by atoms with E-state index in [2.05, 4.69) is 0 Å². The largest absolute Gasteiger partial charge is 0.490 e. The van der Waals surface area contributed by atoms with E-state index in [4.69, 9.17) is 26.3 Å². The van der Waals surface area contributed by atoms with Crippen LogP contribution in [0.15, 0.2) is 48.5 Å². The molecule has 2 aromatic rings. The van der Waals surface area contributed by atoms with Crippen molar-refractivity contribution in [3.8, 4) is 11.8 Å². The van der Waals surface area contributed by atoms with E-state index < -0.39 is 5.97 Å². The topological polar surface area (TPSA) is 59.3 Å². The first-order chi connectivity index (χ1) is 10.2. The molecule has 0 amide bonds. The van der Waals surface area contributed by atoms with E-state index in [9.17, 15) is 4.79 Å². The molecule has 0 aliphatic carbocycles. The Morgan fingerprint density at radius 1 is 1.14 bits per heavy atom. The number of nitriles is 1. The zero-order chi connectivity index (χ0) is 15.1. The highest BCUT2D eigenvalue weighted by Gasteiger charge is 2.07. The summed E-state index contributed by atoms with van der Waals surface area (Å²) in [5, 5.41) is 9.16. The van der Waals surface area contributed by atoms with Crippen LogP contribution in [-0.2, 0) is 4.74 Å². The summed E-state index contributed by atoms with van der Waals surface area (Å²) in [7, 11) is 0. The third-order valence-corrected chi connectivity index (χ3v) is 2.86. The maximum absolute atomic E-state index is 11.7. The van der Waals surface area contributed by atoms with Gasteiger partial charge in [-0.3, -0.25) is 0 Å². The first kappa shape index (κ1) is 14.9. The Balaban J connectivity index is 1.76. The summed E-state index contributed by atoms with van der Waals surface area (Å²) < 4.78 is 10.5. The van der Waals surface area contributed by atoms with Crippen LogP contribution in [0.5, 0.6) is 5.75 Å². The molecular formula is C16H12ClNO3. The second-order valence-electron chi connectivity index (χ2n) is 4.13. The van der Waals surface area contributed by atoms with Crippen LogP contribution in [0, 0.1) is 11.3 Å². The molecule has 0 heterocycles. The van der Waals surface area contributed by atoms with Crippen molar-refractivity contribution in [1.82, 2.24) is 0 Å². The van der Waals surface area contributed by atoms with Crippen molar-refractivity contribution >= 4 is 17.6 Å². The van der Waals surface area contributed by atoms with Gasteiger partial charge in [0.15, 0.2) is 0 Å². The Hall–Kier alpha value is -2.51. The molecule has 0 radical (unpaired) electrons. The molecule has 0 aromatic heterocycles. The molecule has 0 saturated heterocycles. The van der Waals surface area contributed by atoms with Gasteiger partial charge in [0.05, 0.1) is 17.2 Å². The molecule has 2 aromatic carbocycles. The predicted octanol–water partition coefficient (Wildman–Crippen LogP) is 3.45. The highest BCUT2D eigenvalue weighted by molar-refractivity contribution is 6.30. The number of halogens is 1. The highest BCUT2D eigenvalue weighted by Crippen LogP contribution is 2.13. The van der Waals surface area contributed by atoms with E-state index in [-0.39, 0.29) is 13.2 Å². The first-order valence-corrected chi connectivity index (χ1v) is 6.62. The van der Waals surface area contributed by atoms with Crippen LogP contribution in [0.1, 0.15) is 15.9 Å². The summed E-state index contributed by atoms with van der Waals surface area (Å²) in [6.07, 6.45) is 0. The van der Waals surface area contributed by atoms with Crippen molar-refractivity contribution in [2.75, 3.05) is 13.2 Å². The molecule has 0 unspecified atom stereocenters. The van der Waals surface area contributed by atoms with Gasteiger partial charge in [-0.05, 0) is 42.5 Å². The minimum atomic E-state index is -0.444. The summed E-state index contributed by atoms with van der Waals surface area (Å²) in [6, 6.07) is 15.3. The zero-order valence-corrected chi connectivity index (χ0v) is 11.8. The van der Waals surface area contributed by atoms with Crippen LogP contribution in [-0.4, -0.2) is 19.2 Å². The number of carbonyl (C=O) groups excluding carboxylic acids is 1. The minimum Gasteiger partial charge on any atom is -0.490 e. The highest BCUT2D eigenvalue weighted by atomic mass is 35.5. The van der Waals surface area contributed by atoms with Crippen molar-refractivity contribution in [2.24, 2.45) is 0 Å². The molecule has 21 heavy (non-hydrogen) atoms. The second-order valence-corrected chi connectivity index (χ2v) is 4.57. The maximum atomic E-state index is 11.7. The van der Waals surface area contributed by atoms with Gasteiger partial charge < -0.3 is 9.47 Å². The van der Waals surface area contributed by atoms with Gasteiger partial charge in [-0.25, -0.2) is 4.79 Å². The van der Waals surface area contributed by atoms with E-state index >= 15 is 0 Å². The molecule has 4 nitrogen and oxygen atoms in total. The lowest BCUT2D eigenvalue weighted by Gasteiger charge is -2.07. The molecule has 0 N–H and O–H groups in total. The van der Waals surface area contributed by atoms with Crippen LogP contribution < -0.4 is 4.74 Å². The van der Waals surface area contributed by atoms with Gasteiger partial charge in [-0.15, -0.1) is 0 Å². The van der Waals surface area contributed by atoms with Crippen molar-refractivity contribution in [3.63, 3.8) is 0 Å². The lowest BCUT2D eigenvalue weighted by molar-refractivity contribution is 0.0450. The molecule has 0 spiro atoms. The fraction of sp³-hybridized carbons (Fsp3) is 0.125. The van der Waals surface area contributed by atoms with Gasteiger partial charge >= 0.3 is 5.97 Å². The number of rotatable bonds is 5. The van der Waals surface area contributed by atoms with Crippen molar-refractivity contribution in [1.29, 1.82) is 5.26 Å². The molecule has 0 aliphatic rings. The number of hydrogen-bond acceptors (Lipinski definition) is 4. The van der Waals surface area contributed by atoms with Gasteiger partial charge in [0.2, 0.25) is 0 Å². The minimum absolute atomic E-state index is 0.130. The van der Waals surface area contributed by atoms with Crippen LogP contribution in [0.3, 0.4) is 0 Å². The zero-order valence-electron chi connectivity index (χ0n) is 11.1. The van der Waals surface area contributed by atoms with E-state index in [1.807, 2.05) is 6.07 Å².